The summed E-state index contributed by atoms with van der Waals surface area (Å²) in [5.74, 6) is 1.73. The van der Waals surface area contributed by atoms with Crippen LogP contribution < -0.4 is 15.6 Å². The fourth-order valence-corrected chi connectivity index (χ4v) is 3.67. The Morgan fingerprint density at radius 2 is 1.86 bits per heavy atom. The minimum Gasteiger partial charge on any atom is -0.378 e. The lowest BCUT2D eigenvalue weighted by atomic mass is 10.1. The topological polar surface area (TPSA) is 130 Å². The van der Waals surface area contributed by atoms with Gasteiger partial charge in [-0.25, -0.2) is 30.1 Å². The molecular formula is C26H30N8O3. The predicted octanol–water partition coefficient (Wildman–Crippen LogP) is 2.99. The van der Waals surface area contributed by atoms with Gasteiger partial charge in [-0.3, -0.25) is 0 Å². The van der Waals surface area contributed by atoms with E-state index in [1.54, 1.807) is 0 Å². The molecule has 0 bridgehead atoms. The van der Waals surface area contributed by atoms with Crippen molar-refractivity contribution in [2.75, 3.05) is 31.2 Å². The molecule has 192 valence electrons. The molecule has 0 unspecified atom stereocenters. The van der Waals surface area contributed by atoms with E-state index in [9.17, 15) is 10.1 Å². The number of aryl methyl sites for hydroxylation is 1. The number of ether oxygens (including phenoxy) is 1. The molecule has 0 atom stereocenters. The number of guanidine groups is 1. The Labute approximate surface area is 215 Å². The van der Waals surface area contributed by atoms with Crippen molar-refractivity contribution in [2.24, 2.45) is 9.98 Å². The zero-order valence-electron chi connectivity index (χ0n) is 20.7. The number of nitrogens with zero attached hydrogens (tertiary/aromatic N) is 6. The molecule has 0 radical (unpaired) electrons. The van der Waals surface area contributed by atoms with E-state index in [0.29, 0.717) is 44.4 Å². The summed E-state index contributed by atoms with van der Waals surface area (Å²) in [6.45, 7) is 5.13. The Kier molecular flexibility index (Phi) is 9.08. The predicted molar refractivity (Wildman–Crippen MR) is 143 cm³/mol. The summed E-state index contributed by atoms with van der Waals surface area (Å²) in [4.78, 5) is 31.3. The molecule has 4 rings (SSSR count). The quantitative estimate of drug-likeness (QED) is 0.198. The molecule has 1 fully saturated rings. The average molecular weight is 503 g/mol. The van der Waals surface area contributed by atoms with E-state index >= 15 is 0 Å². The third-order valence-corrected chi connectivity index (χ3v) is 5.63. The van der Waals surface area contributed by atoms with E-state index < -0.39 is 5.03 Å². The van der Waals surface area contributed by atoms with Crippen molar-refractivity contribution in [3.8, 4) is 0 Å². The van der Waals surface area contributed by atoms with Crippen LogP contribution in [0.15, 0.2) is 70.6 Å². The molecule has 0 saturated carbocycles. The highest BCUT2D eigenvalue weighted by molar-refractivity contribution is 5.78. The molecule has 1 saturated heterocycles. The molecule has 1 aliphatic rings. The molecule has 0 spiro atoms. The van der Waals surface area contributed by atoms with Crippen LogP contribution in [-0.4, -0.2) is 53.5 Å². The molecule has 0 aliphatic carbocycles. The van der Waals surface area contributed by atoms with E-state index in [-0.39, 0.29) is 19.0 Å². The van der Waals surface area contributed by atoms with Crippen LogP contribution in [0, 0.1) is 17.0 Å². The van der Waals surface area contributed by atoms with Gasteiger partial charge in [-0.1, -0.05) is 65.6 Å². The van der Waals surface area contributed by atoms with Crippen LogP contribution in [0.25, 0.3) is 0 Å². The van der Waals surface area contributed by atoms with Gasteiger partial charge >= 0.3 is 0 Å². The maximum absolute atomic E-state index is 11.1. The first kappa shape index (κ1) is 25.7. The molecule has 37 heavy (non-hydrogen) atoms. The molecule has 2 heterocycles. The van der Waals surface area contributed by atoms with Crippen LogP contribution in [0.3, 0.4) is 0 Å². The van der Waals surface area contributed by atoms with E-state index in [4.69, 9.17) is 4.74 Å². The number of nitrogens with one attached hydrogen (secondary N) is 2. The van der Waals surface area contributed by atoms with Crippen molar-refractivity contribution in [2.45, 2.75) is 26.4 Å². The maximum atomic E-state index is 11.1. The first-order chi connectivity index (χ1) is 18.0. The maximum Gasteiger partial charge on any atom is 0.254 e. The normalized spacial score (nSPS) is 14.1. The van der Waals surface area contributed by atoms with Crippen LogP contribution >= 0.6 is 0 Å². The highest BCUT2D eigenvalue weighted by Gasteiger charge is 2.15. The van der Waals surface area contributed by atoms with Crippen molar-refractivity contribution in [3.63, 3.8) is 0 Å². The lowest BCUT2D eigenvalue weighted by Gasteiger charge is -2.28. The number of aliphatic imine (C=N–C) groups is 2. The Morgan fingerprint density at radius 3 is 2.59 bits per heavy atom. The minimum absolute atomic E-state index is 0.0265. The molecule has 3 aromatic rings. The number of rotatable bonds is 9. The third-order valence-electron chi connectivity index (χ3n) is 5.63. The summed E-state index contributed by atoms with van der Waals surface area (Å²) in [6, 6.07) is 19.7. The van der Waals surface area contributed by atoms with E-state index in [1.165, 1.54) is 5.56 Å². The summed E-state index contributed by atoms with van der Waals surface area (Å²) in [5.41, 5.74) is 5.42. The Balaban J connectivity index is 1.50. The number of morpholine rings is 1. The van der Waals surface area contributed by atoms with Gasteiger partial charge in [0, 0.05) is 31.8 Å². The standard InChI is InChI=1S/C26H30N8O3/c1-20-7-9-21(10-8-20)11-12-27-23-17-25(33-13-15-37-16-14-33)31-24(30-23)19-29-26(32-34(35)36)28-18-22-5-3-2-4-6-22/h2-10,12,17H,11,13-16,18-19H2,1H3,(H2,28,29,32). The summed E-state index contributed by atoms with van der Waals surface area (Å²) in [6.07, 6.45) is 2.50. The zero-order chi connectivity index (χ0) is 25.9. The molecule has 11 heteroatoms. The van der Waals surface area contributed by atoms with Gasteiger partial charge in [0.25, 0.3) is 5.96 Å². The number of hydrogen-bond acceptors (Lipinski definition) is 8. The van der Waals surface area contributed by atoms with E-state index in [0.717, 1.165) is 16.9 Å². The molecular weight excluding hydrogens is 472 g/mol. The van der Waals surface area contributed by atoms with Gasteiger partial charge in [0.05, 0.1) is 26.3 Å². The Bertz CT molecular complexity index is 1230. The van der Waals surface area contributed by atoms with Crippen LogP contribution in [0.2, 0.25) is 0 Å². The SMILES string of the molecule is Cc1ccc(CC=Nc2cc(N3CCOCC3)nc(CNC(=NCc3ccccc3)N[N+](=O)[O-])n2)cc1. The number of hydrogen-bond donors (Lipinski definition) is 2. The second kappa shape index (κ2) is 13.1. The van der Waals surface area contributed by atoms with Gasteiger partial charge in [-0.15, -0.1) is 0 Å². The first-order valence-corrected chi connectivity index (χ1v) is 12.1. The van der Waals surface area contributed by atoms with Gasteiger partial charge in [0.1, 0.15) is 5.82 Å². The third kappa shape index (κ3) is 8.36. The monoisotopic (exact) mass is 502 g/mol. The number of nitro groups is 1. The van der Waals surface area contributed by atoms with Crippen molar-refractivity contribution in [3.05, 3.63) is 93.3 Å². The number of anilines is 1. The van der Waals surface area contributed by atoms with E-state index in [1.807, 2.05) is 42.6 Å². The number of hydrazine groups is 1. The highest BCUT2D eigenvalue weighted by atomic mass is 16.7. The van der Waals surface area contributed by atoms with Crippen LogP contribution in [0.1, 0.15) is 22.5 Å². The van der Waals surface area contributed by atoms with Gasteiger partial charge in [-0.05, 0) is 18.1 Å². The van der Waals surface area contributed by atoms with Crippen molar-refractivity contribution < 1.29 is 9.77 Å². The summed E-state index contributed by atoms with van der Waals surface area (Å²) in [7, 11) is 0. The second-order valence-electron chi connectivity index (χ2n) is 8.47. The molecule has 11 nitrogen and oxygen atoms in total. The molecule has 2 aromatic carbocycles. The Morgan fingerprint density at radius 1 is 1.11 bits per heavy atom. The molecule has 1 aromatic heterocycles. The van der Waals surface area contributed by atoms with Crippen molar-refractivity contribution in [1.82, 2.24) is 20.7 Å². The zero-order valence-corrected chi connectivity index (χ0v) is 20.7. The van der Waals surface area contributed by atoms with Crippen molar-refractivity contribution in [1.29, 1.82) is 0 Å². The molecule has 2 N–H and O–H groups in total. The fraction of sp³-hybridized carbons (Fsp3) is 0.308. The van der Waals surface area contributed by atoms with Crippen LogP contribution in [-0.2, 0) is 24.2 Å². The lowest BCUT2D eigenvalue weighted by molar-refractivity contribution is -0.525. The Hall–Kier alpha value is -4.38. The highest BCUT2D eigenvalue weighted by Crippen LogP contribution is 2.19. The van der Waals surface area contributed by atoms with E-state index in [2.05, 4.69) is 66.8 Å². The average Bonchev–Trinajstić information content (AvgIpc) is 2.92. The van der Waals surface area contributed by atoms with Crippen molar-refractivity contribution >= 4 is 23.8 Å². The minimum atomic E-state index is -0.650. The number of benzene rings is 2. The second-order valence-corrected chi connectivity index (χ2v) is 8.47. The fourth-order valence-electron chi connectivity index (χ4n) is 3.67. The van der Waals surface area contributed by atoms with Crippen LogP contribution in [0.5, 0.6) is 0 Å². The summed E-state index contributed by atoms with van der Waals surface area (Å²) < 4.78 is 5.47. The smallest absolute Gasteiger partial charge is 0.254 e. The first-order valence-electron chi connectivity index (χ1n) is 12.1. The summed E-state index contributed by atoms with van der Waals surface area (Å²) in [5, 5.41) is 13.4. The van der Waals surface area contributed by atoms with Gasteiger partial charge in [0.15, 0.2) is 16.7 Å². The molecule has 0 amide bonds. The van der Waals surface area contributed by atoms with Gasteiger partial charge < -0.3 is 15.0 Å². The lowest BCUT2D eigenvalue weighted by Crippen LogP contribution is -2.41. The van der Waals surface area contributed by atoms with Crippen LogP contribution in [0.4, 0.5) is 11.6 Å². The van der Waals surface area contributed by atoms with Gasteiger partial charge in [0.2, 0.25) is 0 Å². The van der Waals surface area contributed by atoms with Gasteiger partial charge in [-0.2, -0.15) is 0 Å². The number of aromatic nitrogens is 2. The molecule has 1 aliphatic heterocycles. The largest absolute Gasteiger partial charge is 0.378 e. The summed E-state index contributed by atoms with van der Waals surface area (Å²) >= 11 is 0.